The Hall–Kier alpha value is -0.140. The van der Waals surface area contributed by atoms with Crippen LogP contribution in [0.1, 0.15) is 0 Å². The molecule has 96 valence electrons. The zero-order valence-electron chi connectivity index (χ0n) is 9.19. The fraction of sp³-hybridized carbons (Fsp3) is 0.400. The van der Waals surface area contributed by atoms with Gasteiger partial charge in [-0.05, 0) is 18.2 Å². The molecule has 0 radical (unpaired) electrons. The second-order valence-corrected chi connectivity index (χ2v) is 6.66. The fourth-order valence-electron chi connectivity index (χ4n) is 1.16. The second kappa shape index (κ2) is 6.70. The maximum atomic E-state index is 11.9. The molecule has 1 N–H and O–H groups in total. The molecule has 17 heavy (non-hydrogen) atoms. The van der Waals surface area contributed by atoms with Gasteiger partial charge in [-0.1, -0.05) is 22.0 Å². The summed E-state index contributed by atoms with van der Waals surface area (Å²) >= 11 is 9.07. The van der Waals surface area contributed by atoms with Crippen molar-refractivity contribution in [3.05, 3.63) is 28.7 Å². The Bertz CT molecular complexity index is 466. The van der Waals surface area contributed by atoms with Crippen LogP contribution in [-0.2, 0) is 14.8 Å². The van der Waals surface area contributed by atoms with Gasteiger partial charge in [-0.2, -0.15) is 0 Å². The highest BCUT2D eigenvalue weighted by Gasteiger charge is 2.15. The summed E-state index contributed by atoms with van der Waals surface area (Å²) in [6.45, 7) is 0.423. The molecule has 0 aliphatic carbocycles. The standard InChI is InChI=1S/C10H13BrClNO3S/c1-16-7-9(12)6-13-17(14,15)10-4-2-3-8(11)5-10/h2-5,9,13H,6-7H2,1H3. The molecule has 0 bridgehead atoms. The number of ether oxygens (including phenoxy) is 1. The topological polar surface area (TPSA) is 55.4 Å². The highest BCUT2D eigenvalue weighted by atomic mass is 79.9. The first kappa shape index (κ1) is 14.9. The summed E-state index contributed by atoms with van der Waals surface area (Å²) in [5.74, 6) is 0. The number of benzene rings is 1. The lowest BCUT2D eigenvalue weighted by Gasteiger charge is -2.10. The molecule has 0 aromatic heterocycles. The van der Waals surface area contributed by atoms with Crippen molar-refractivity contribution in [1.82, 2.24) is 4.72 Å². The predicted octanol–water partition coefficient (Wildman–Crippen LogP) is 1.98. The van der Waals surface area contributed by atoms with E-state index < -0.39 is 10.0 Å². The molecule has 0 heterocycles. The molecule has 0 aliphatic heterocycles. The van der Waals surface area contributed by atoms with Gasteiger partial charge in [0.2, 0.25) is 10.0 Å². The van der Waals surface area contributed by atoms with Crippen LogP contribution in [0.5, 0.6) is 0 Å². The summed E-state index contributed by atoms with van der Waals surface area (Å²) in [6, 6.07) is 6.47. The molecule has 1 aromatic rings. The van der Waals surface area contributed by atoms with E-state index in [-0.39, 0.29) is 16.8 Å². The Kier molecular flexibility index (Phi) is 5.88. The summed E-state index contributed by atoms with van der Waals surface area (Å²) < 4.78 is 31.7. The molecule has 0 fully saturated rings. The minimum absolute atomic E-state index is 0.129. The van der Waals surface area contributed by atoms with Crippen molar-refractivity contribution in [1.29, 1.82) is 0 Å². The summed E-state index contributed by atoms with van der Waals surface area (Å²) in [5, 5.41) is -0.387. The highest BCUT2D eigenvalue weighted by Crippen LogP contribution is 2.15. The Morgan fingerprint density at radius 2 is 2.24 bits per heavy atom. The van der Waals surface area contributed by atoms with E-state index in [1.54, 1.807) is 12.1 Å². The number of methoxy groups -OCH3 is 1. The third-order valence-corrected chi connectivity index (χ3v) is 4.14. The van der Waals surface area contributed by atoms with Crippen LogP contribution in [0.3, 0.4) is 0 Å². The molecule has 0 saturated carbocycles. The van der Waals surface area contributed by atoms with E-state index >= 15 is 0 Å². The van der Waals surface area contributed by atoms with Crippen molar-refractivity contribution in [3.8, 4) is 0 Å². The molecule has 0 spiro atoms. The monoisotopic (exact) mass is 341 g/mol. The van der Waals surface area contributed by atoms with Gasteiger partial charge in [0.05, 0.1) is 16.9 Å². The van der Waals surface area contributed by atoms with E-state index in [1.165, 1.54) is 19.2 Å². The highest BCUT2D eigenvalue weighted by molar-refractivity contribution is 9.10. The SMILES string of the molecule is COCC(Cl)CNS(=O)(=O)c1cccc(Br)c1. The minimum atomic E-state index is -3.52. The van der Waals surface area contributed by atoms with Crippen LogP contribution in [0.4, 0.5) is 0 Å². The molecular formula is C10H13BrClNO3S. The Morgan fingerprint density at radius 3 is 2.82 bits per heavy atom. The third-order valence-electron chi connectivity index (χ3n) is 1.95. The molecule has 7 heteroatoms. The average Bonchev–Trinajstić information content (AvgIpc) is 2.27. The second-order valence-electron chi connectivity index (χ2n) is 3.36. The molecule has 1 unspecified atom stereocenters. The Balaban J connectivity index is 2.69. The molecule has 4 nitrogen and oxygen atoms in total. The van der Waals surface area contributed by atoms with Crippen LogP contribution in [0.2, 0.25) is 0 Å². The fourth-order valence-corrected chi connectivity index (χ4v) is 3.13. The van der Waals surface area contributed by atoms with Gasteiger partial charge in [-0.25, -0.2) is 13.1 Å². The van der Waals surface area contributed by atoms with Gasteiger partial charge in [0, 0.05) is 18.1 Å². The van der Waals surface area contributed by atoms with Gasteiger partial charge < -0.3 is 4.74 Å². The number of hydrogen-bond donors (Lipinski definition) is 1. The molecule has 0 amide bonds. The van der Waals surface area contributed by atoms with E-state index in [9.17, 15) is 8.42 Å². The summed E-state index contributed by atoms with van der Waals surface area (Å²) in [6.07, 6.45) is 0. The van der Waals surface area contributed by atoms with Crippen molar-refractivity contribution in [2.75, 3.05) is 20.3 Å². The van der Waals surface area contributed by atoms with Gasteiger partial charge in [0.1, 0.15) is 0 Å². The molecule has 0 saturated heterocycles. The average molecular weight is 343 g/mol. The van der Waals surface area contributed by atoms with E-state index in [0.29, 0.717) is 11.1 Å². The van der Waals surface area contributed by atoms with Gasteiger partial charge in [0.25, 0.3) is 0 Å². The van der Waals surface area contributed by atoms with E-state index in [1.807, 2.05) is 0 Å². The zero-order chi connectivity index (χ0) is 12.9. The number of sulfonamides is 1. The smallest absolute Gasteiger partial charge is 0.240 e. The van der Waals surface area contributed by atoms with Crippen molar-refractivity contribution in [2.45, 2.75) is 10.3 Å². The number of rotatable bonds is 6. The first-order chi connectivity index (χ1) is 7.95. The van der Waals surface area contributed by atoms with Crippen LogP contribution in [0.15, 0.2) is 33.6 Å². The molecule has 0 aliphatic rings. The molecule has 1 rings (SSSR count). The summed E-state index contributed by atoms with van der Waals surface area (Å²) in [4.78, 5) is 0.202. The van der Waals surface area contributed by atoms with Gasteiger partial charge in [-0.3, -0.25) is 0 Å². The normalized spacial score (nSPS) is 13.6. The Labute approximate surface area is 114 Å². The predicted molar refractivity (Wildman–Crippen MR) is 70.8 cm³/mol. The van der Waals surface area contributed by atoms with Crippen LogP contribution >= 0.6 is 27.5 Å². The van der Waals surface area contributed by atoms with Crippen molar-refractivity contribution in [2.24, 2.45) is 0 Å². The largest absolute Gasteiger partial charge is 0.383 e. The number of nitrogens with one attached hydrogen (secondary N) is 1. The quantitative estimate of drug-likeness (QED) is 0.804. The zero-order valence-corrected chi connectivity index (χ0v) is 12.3. The minimum Gasteiger partial charge on any atom is -0.383 e. The lowest BCUT2D eigenvalue weighted by molar-refractivity contribution is 0.198. The van der Waals surface area contributed by atoms with Gasteiger partial charge >= 0.3 is 0 Å². The molecular weight excluding hydrogens is 330 g/mol. The number of alkyl halides is 1. The van der Waals surface area contributed by atoms with E-state index in [2.05, 4.69) is 20.7 Å². The Morgan fingerprint density at radius 1 is 1.53 bits per heavy atom. The first-order valence-corrected chi connectivity index (χ1v) is 7.55. The number of hydrogen-bond acceptors (Lipinski definition) is 3. The summed E-state index contributed by atoms with van der Waals surface area (Å²) in [5.41, 5.74) is 0. The first-order valence-electron chi connectivity index (χ1n) is 4.84. The lowest BCUT2D eigenvalue weighted by atomic mass is 10.4. The summed E-state index contributed by atoms with van der Waals surface area (Å²) in [7, 11) is -2.00. The van der Waals surface area contributed by atoms with Crippen LogP contribution < -0.4 is 4.72 Å². The van der Waals surface area contributed by atoms with Crippen molar-refractivity contribution >= 4 is 37.6 Å². The van der Waals surface area contributed by atoms with Crippen molar-refractivity contribution < 1.29 is 13.2 Å². The van der Waals surface area contributed by atoms with Crippen molar-refractivity contribution in [3.63, 3.8) is 0 Å². The van der Waals surface area contributed by atoms with Gasteiger partial charge in [0.15, 0.2) is 0 Å². The lowest BCUT2D eigenvalue weighted by Crippen LogP contribution is -2.31. The van der Waals surface area contributed by atoms with Crippen LogP contribution in [-0.4, -0.2) is 34.1 Å². The third kappa shape index (κ3) is 4.93. The maximum Gasteiger partial charge on any atom is 0.240 e. The molecule has 1 atom stereocenters. The van der Waals surface area contributed by atoms with Gasteiger partial charge in [-0.15, -0.1) is 11.6 Å². The van der Waals surface area contributed by atoms with Crippen LogP contribution in [0, 0.1) is 0 Å². The maximum absolute atomic E-state index is 11.9. The van der Waals surface area contributed by atoms with Crippen LogP contribution in [0.25, 0.3) is 0 Å². The van der Waals surface area contributed by atoms with E-state index in [0.717, 1.165) is 0 Å². The number of halogens is 2. The van der Waals surface area contributed by atoms with E-state index in [4.69, 9.17) is 16.3 Å². The molecule has 1 aromatic carbocycles.